The summed E-state index contributed by atoms with van der Waals surface area (Å²) in [6.07, 6.45) is 7.45. The van der Waals surface area contributed by atoms with Crippen LogP contribution in [0.3, 0.4) is 0 Å². The first-order chi connectivity index (χ1) is 14.1. The Balaban J connectivity index is 1.31. The van der Waals surface area contributed by atoms with Gasteiger partial charge in [0.05, 0.1) is 0 Å². The van der Waals surface area contributed by atoms with Crippen molar-refractivity contribution in [3.63, 3.8) is 0 Å². The van der Waals surface area contributed by atoms with Crippen molar-refractivity contribution in [2.45, 2.75) is 68.9 Å². The molecule has 1 amide bonds. The predicted molar refractivity (Wildman–Crippen MR) is 112 cm³/mol. The third-order valence-corrected chi connectivity index (χ3v) is 7.68. The molecular formula is C22H28ClN5O. The molecule has 0 bridgehead atoms. The molecule has 0 radical (unpaired) electrons. The van der Waals surface area contributed by atoms with Gasteiger partial charge in [0.2, 0.25) is 5.82 Å². The van der Waals surface area contributed by atoms with Crippen molar-refractivity contribution >= 4 is 17.5 Å². The highest BCUT2D eigenvalue weighted by Crippen LogP contribution is 2.42. The van der Waals surface area contributed by atoms with Gasteiger partial charge in [-0.15, -0.1) is 10.2 Å². The van der Waals surface area contributed by atoms with Crippen molar-refractivity contribution in [3.8, 4) is 0 Å². The van der Waals surface area contributed by atoms with Crippen LogP contribution in [0.4, 0.5) is 0 Å². The minimum atomic E-state index is -0.0440. The van der Waals surface area contributed by atoms with Crippen molar-refractivity contribution < 1.29 is 4.79 Å². The molecule has 6 nitrogen and oxygen atoms in total. The lowest BCUT2D eigenvalue weighted by molar-refractivity contribution is 0.0519. The maximum Gasteiger partial charge on any atom is 0.292 e. The molecule has 0 unspecified atom stereocenters. The van der Waals surface area contributed by atoms with E-state index in [1.54, 1.807) is 0 Å². The van der Waals surface area contributed by atoms with Crippen molar-refractivity contribution in [3.05, 3.63) is 46.5 Å². The van der Waals surface area contributed by atoms with E-state index in [4.69, 9.17) is 17.3 Å². The van der Waals surface area contributed by atoms with Gasteiger partial charge in [-0.3, -0.25) is 4.79 Å². The Bertz CT molecular complexity index is 914. The van der Waals surface area contributed by atoms with Crippen molar-refractivity contribution in [1.29, 1.82) is 0 Å². The number of nitrogens with two attached hydrogens (primary N) is 1. The first-order valence-corrected chi connectivity index (χ1v) is 11.2. The molecule has 29 heavy (non-hydrogen) atoms. The van der Waals surface area contributed by atoms with Gasteiger partial charge >= 0.3 is 0 Å². The Hall–Kier alpha value is -1.92. The molecule has 0 saturated heterocycles. The minimum absolute atomic E-state index is 0.0438. The van der Waals surface area contributed by atoms with Gasteiger partial charge in [0, 0.05) is 42.0 Å². The number of aromatic nitrogens is 3. The van der Waals surface area contributed by atoms with E-state index in [1.807, 2.05) is 23.1 Å². The molecule has 154 valence electrons. The molecule has 3 aliphatic rings. The van der Waals surface area contributed by atoms with Crippen LogP contribution >= 0.6 is 11.6 Å². The lowest BCUT2D eigenvalue weighted by atomic mass is 9.68. The van der Waals surface area contributed by atoms with Crippen LogP contribution in [0.1, 0.15) is 72.9 Å². The van der Waals surface area contributed by atoms with E-state index >= 15 is 0 Å². The van der Waals surface area contributed by atoms with Gasteiger partial charge in [-0.25, -0.2) is 0 Å². The van der Waals surface area contributed by atoms with Crippen molar-refractivity contribution in [1.82, 2.24) is 19.7 Å². The number of rotatable bonds is 4. The number of carbonyl (C=O) groups is 1. The second-order valence-corrected chi connectivity index (χ2v) is 9.32. The Morgan fingerprint density at radius 1 is 1.14 bits per heavy atom. The van der Waals surface area contributed by atoms with E-state index in [9.17, 15) is 4.79 Å². The van der Waals surface area contributed by atoms with Crippen LogP contribution in [-0.4, -0.2) is 44.7 Å². The summed E-state index contributed by atoms with van der Waals surface area (Å²) in [5.74, 6) is 2.09. The summed E-state index contributed by atoms with van der Waals surface area (Å²) in [5.41, 5.74) is 7.42. The lowest BCUT2D eigenvalue weighted by Crippen LogP contribution is -2.51. The SMILES string of the molecule is NCC1(c2cccc(Cl)c2)CCC(N2CCn3c(nnc3C3CCC3)C2=O)CC1. The van der Waals surface area contributed by atoms with Crippen LogP contribution in [0.25, 0.3) is 0 Å². The van der Waals surface area contributed by atoms with Gasteiger partial charge in [0.1, 0.15) is 5.82 Å². The van der Waals surface area contributed by atoms with Gasteiger partial charge in [0.15, 0.2) is 0 Å². The van der Waals surface area contributed by atoms with E-state index in [-0.39, 0.29) is 17.4 Å². The predicted octanol–water partition coefficient (Wildman–Crippen LogP) is 3.49. The molecule has 2 aromatic rings. The maximum atomic E-state index is 13.2. The number of fused-ring (bicyclic) bond motifs is 1. The normalized spacial score (nSPS) is 27.6. The molecule has 7 heteroatoms. The van der Waals surface area contributed by atoms with Gasteiger partial charge < -0.3 is 15.2 Å². The molecule has 0 spiro atoms. The summed E-state index contributed by atoms with van der Waals surface area (Å²) < 4.78 is 2.07. The van der Waals surface area contributed by atoms with Crippen molar-refractivity contribution in [2.75, 3.05) is 13.1 Å². The quantitative estimate of drug-likeness (QED) is 0.832. The molecule has 2 N–H and O–H groups in total. The number of benzene rings is 1. The zero-order chi connectivity index (χ0) is 20.0. The smallest absolute Gasteiger partial charge is 0.292 e. The third-order valence-electron chi connectivity index (χ3n) is 7.45. The van der Waals surface area contributed by atoms with E-state index in [1.165, 1.54) is 24.8 Å². The number of hydrogen-bond acceptors (Lipinski definition) is 4. The first-order valence-electron chi connectivity index (χ1n) is 10.8. The van der Waals surface area contributed by atoms with E-state index in [0.717, 1.165) is 49.6 Å². The Morgan fingerprint density at radius 3 is 2.59 bits per heavy atom. The summed E-state index contributed by atoms with van der Waals surface area (Å²) in [4.78, 5) is 15.2. The highest BCUT2D eigenvalue weighted by Gasteiger charge is 2.41. The van der Waals surface area contributed by atoms with Crippen LogP contribution in [0, 0.1) is 0 Å². The topological polar surface area (TPSA) is 77.0 Å². The molecule has 0 atom stereocenters. The van der Waals surface area contributed by atoms with Gasteiger partial charge in [-0.05, 0) is 56.2 Å². The van der Waals surface area contributed by atoms with Crippen LogP contribution < -0.4 is 5.73 Å². The standard InChI is InChI=1S/C22H28ClN5O/c23-17-6-2-5-16(13-17)22(14-24)9-7-18(8-10-22)27-11-12-28-19(15-3-1-4-15)25-26-20(28)21(27)29/h2,5-6,13,15,18H,1,3-4,7-12,14,24H2. The molecule has 5 rings (SSSR count). The average Bonchev–Trinajstić information content (AvgIpc) is 3.12. The number of carbonyl (C=O) groups excluding carboxylic acids is 1. The highest BCUT2D eigenvalue weighted by atomic mass is 35.5. The Kier molecular flexibility index (Phi) is 4.87. The second-order valence-electron chi connectivity index (χ2n) is 8.89. The minimum Gasteiger partial charge on any atom is -0.331 e. The van der Waals surface area contributed by atoms with Crippen LogP contribution in [0.5, 0.6) is 0 Å². The molecule has 1 aromatic carbocycles. The average molecular weight is 414 g/mol. The fourth-order valence-electron chi connectivity index (χ4n) is 5.34. The fourth-order valence-corrected chi connectivity index (χ4v) is 5.53. The molecule has 1 aromatic heterocycles. The first kappa shape index (κ1) is 19.1. The summed E-state index contributed by atoms with van der Waals surface area (Å²) >= 11 is 6.23. The van der Waals surface area contributed by atoms with Crippen LogP contribution in [0.15, 0.2) is 24.3 Å². The van der Waals surface area contributed by atoms with E-state index in [0.29, 0.717) is 18.3 Å². The summed E-state index contributed by atoms with van der Waals surface area (Å²) in [7, 11) is 0. The van der Waals surface area contributed by atoms with Crippen LogP contribution in [0.2, 0.25) is 5.02 Å². The summed E-state index contributed by atoms with van der Waals surface area (Å²) in [6, 6.07) is 8.34. The molecule has 1 aliphatic heterocycles. The zero-order valence-electron chi connectivity index (χ0n) is 16.7. The van der Waals surface area contributed by atoms with E-state index < -0.39 is 0 Å². The molecule has 2 heterocycles. The molecule has 2 fully saturated rings. The molecule has 2 aliphatic carbocycles. The molecule has 2 saturated carbocycles. The number of halogens is 1. The monoisotopic (exact) mass is 413 g/mol. The lowest BCUT2D eigenvalue weighted by Gasteiger charge is -2.44. The summed E-state index contributed by atoms with van der Waals surface area (Å²) in [6.45, 7) is 2.17. The number of nitrogens with zero attached hydrogens (tertiary/aromatic N) is 4. The second kappa shape index (κ2) is 7.40. The van der Waals surface area contributed by atoms with Gasteiger partial charge in [0.25, 0.3) is 5.91 Å². The highest BCUT2D eigenvalue weighted by molar-refractivity contribution is 6.30. The Morgan fingerprint density at radius 2 is 1.93 bits per heavy atom. The maximum absolute atomic E-state index is 13.2. The fraction of sp³-hybridized carbons (Fsp3) is 0.591. The third kappa shape index (κ3) is 3.17. The largest absolute Gasteiger partial charge is 0.331 e. The van der Waals surface area contributed by atoms with Crippen LogP contribution in [-0.2, 0) is 12.0 Å². The van der Waals surface area contributed by atoms with Gasteiger partial charge in [-0.1, -0.05) is 30.2 Å². The molecular weight excluding hydrogens is 386 g/mol. The van der Waals surface area contributed by atoms with Crippen molar-refractivity contribution in [2.24, 2.45) is 5.73 Å². The van der Waals surface area contributed by atoms with Gasteiger partial charge in [-0.2, -0.15) is 0 Å². The zero-order valence-corrected chi connectivity index (χ0v) is 17.4. The number of amides is 1. The summed E-state index contributed by atoms with van der Waals surface area (Å²) in [5, 5.41) is 9.40. The Labute approximate surface area is 176 Å². The number of hydrogen-bond donors (Lipinski definition) is 1. The van der Waals surface area contributed by atoms with E-state index in [2.05, 4.69) is 20.8 Å².